The lowest BCUT2D eigenvalue weighted by Crippen LogP contribution is -2.56. The standard InChI is InChI=1S/C22H23ClFN7O/c1-29-9-13-15(28-29)5-4-11(18(13)23)12-8-26-20-17(12)21(32)30(2)22(27-20)31-10-3-6-16(31)19(24)14(25)7-10/h4-5,8-10,14,16,19,26H,3,6-7,25H2,1-2H3/t10-,14+,16+,19-/m0/s1. The molecule has 2 aliphatic rings. The first kappa shape index (κ1) is 19.8. The maximum atomic E-state index is 14.8. The number of aromatic nitrogens is 5. The Morgan fingerprint density at radius 2 is 2.06 bits per heavy atom. The van der Waals surface area contributed by atoms with Crippen LogP contribution < -0.4 is 16.2 Å². The summed E-state index contributed by atoms with van der Waals surface area (Å²) in [7, 11) is 3.53. The Bertz CT molecular complexity index is 1440. The number of hydrogen-bond donors (Lipinski definition) is 2. The van der Waals surface area contributed by atoms with Gasteiger partial charge in [0.2, 0.25) is 5.95 Å². The van der Waals surface area contributed by atoms with Crippen LogP contribution in [-0.2, 0) is 14.1 Å². The maximum Gasteiger partial charge on any atom is 0.264 e. The van der Waals surface area contributed by atoms with Gasteiger partial charge in [0.05, 0.1) is 22.0 Å². The molecule has 0 aliphatic carbocycles. The zero-order valence-electron chi connectivity index (χ0n) is 17.7. The van der Waals surface area contributed by atoms with E-state index >= 15 is 0 Å². The number of H-pyrrole nitrogens is 1. The summed E-state index contributed by atoms with van der Waals surface area (Å²) in [5, 5.41) is 6.19. The lowest BCUT2D eigenvalue weighted by Gasteiger charge is -2.41. The van der Waals surface area contributed by atoms with Gasteiger partial charge in [-0.1, -0.05) is 17.7 Å². The Balaban J connectivity index is 1.52. The van der Waals surface area contributed by atoms with Crippen LogP contribution in [0.1, 0.15) is 19.3 Å². The number of aryl methyl sites for hydroxylation is 1. The SMILES string of the molecule is Cn1cc2c(Cl)c(-c3c[nH]c4nc(N5[C@H]6CC[C@@H]5[C@@H](F)[C@H](N)C6)n(C)c(=O)c34)ccc2n1. The molecule has 32 heavy (non-hydrogen) atoms. The highest BCUT2D eigenvalue weighted by molar-refractivity contribution is 6.38. The van der Waals surface area contributed by atoms with Gasteiger partial charge in [-0.3, -0.25) is 14.0 Å². The van der Waals surface area contributed by atoms with E-state index in [-0.39, 0.29) is 17.6 Å². The molecule has 2 fully saturated rings. The minimum Gasteiger partial charge on any atom is -0.345 e. The molecular weight excluding hydrogens is 433 g/mol. The van der Waals surface area contributed by atoms with Crippen LogP contribution in [0, 0.1) is 0 Å². The summed E-state index contributed by atoms with van der Waals surface area (Å²) in [6.45, 7) is 0. The van der Waals surface area contributed by atoms with Crippen LogP contribution in [0.2, 0.25) is 5.02 Å². The molecule has 0 radical (unpaired) electrons. The third-order valence-electron chi connectivity index (χ3n) is 7.02. The Labute approximate surface area is 187 Å². The number of nitrogens with two attached hydrogens (primary N) is 1. The minimum absolute atomic E-state index is 0.0921. The average Bonchev–Trinajstić information content (AvgIpc) is 3.44. The van der Waals surface area contributed by atoms with E-state index in [0.29, 0.717) is 40.4 Å². The van der Waals surface area contributed by atoms with Gasteiger partial charge < -0.3 is 15.6 Å². The fourth-order valence-corrected chi connectivity index (χ4v) is 5.79. The molecule has 4 atom stereocenters. The molecule has 2 bridgehead atoms. The van der Waals surface area contributed by atoms with Gasteiger partial charge in [-0.15, -0.1) is 0 Å². The molecule has 3 N–H and O–H groups in total. The van der Waals surface area contributed by atoms with Crippen molar-refractivity contribution in [3.8, 4) is 11.1 Å². The number of rotatable bonds is 2. The Morgan fingerprint density at radius 1 is 1.25 bits per heavy atom. The van der Waals surface area contributed by atoms with Crippen molar-refractivity contribution in [1.29, 1.82) is 0 Å². The predicted molar refractivity (Wildman–Crippen MR) is 123 cm³/mol. The van der Waals surface area contributed by atoms with E-state index in [1.807, 2.05) is 30.3 Å². The Morgan fingerprint density at radius 3 is 2.88 bits per heavy atom. The van der Waals surface area contributed by atoms with Crippen LogP contribution in [0.5, 0.6) is 0 Å². The number of nitrogens with zero attached hydrogens (tertiary/aromatic N) is 5. The van der Waals surface area contributed by atoms with E-state index in [2.05, 4.69) is 10.1 Å². The number of alkyl halides is 1. The second-order valence-corrected chi connectivity index (χ2v) is 9.29. The van der Waals surface area contributed by atoms with Gasteiger partial charge in [0.25, 0.3) is 5.56 Å². The maximum absolute atomic E-state index is 14.8. The monoisotopic (exact) mass is 455 g/mol. The first-order chi connectivity index (χ1) is 15.3. The second-order valence-electron chi connectivity index (χ2n) is 8.91. The third-order valence-corrected chi connectivity index (χ3v) is 7.42. The van der Waals surface area contributed by atoms with Gasteiger partial charge in [-0.2, -0.15) is 10.1 Å². The molecule has 3 aromatic heterocycles. The number of nitrogens with one attached hydrogen (secondary N) is 1. The number of aromatic amines is 1. The fraction of sp³-hybridized carbons (Fsp3) is 0.409. The number of benzene rings is 1. The van der Waals surface area contributed by atoms with E-state index in [4.69, 9.17) is 22.3 Å². The summed E-state index contributed by atoms with van der Waals surface area (Å²) in [4.78, 5) is 23.4. The molecule has 0 spiro atoms. The van der Waals surface area contributed by atoms with E-state index in [0.717, 1.165) is 22.9 Å². The molecule has 0 saturated carbocycles. The lowest BCUT2D eigenvalue weighted by molar-refractivity contribution is 0.202. The summed E-state index contributed by atoms with van der Waals surface area (Å²) < 4.78 is 18.1. The topological polar surface area (TPSA) is 97.8 Å². The van der Waals surface area contributed by atoms with Crippen LogP contribution >= 0.6 is 11.6 Å². The Hall–Kier alpha value is -2.91. The van der Waals surface area contributed by atoms with Gasteiger partial charge in [0.15, 0.2) is 0 Å². The van der Waals surface area contributed by atoms with Gasteiger partial charge in [0.1, 0.15) is 11.8 Å². The summed E-state index contributed by atoms with van der Waals surface area (Å²) in [5.74, 6) is 0.478. The van der Waals surface area contributed by atoms with Gasteiger partial charge >= 0.3 is 0 Å². The second kappa shape index (κ2) is 6.79. The van der Waals surface area contributed by atoms with Crippen molar-refractivity contribution in [1.82, 2.24) is 24.3 Å². The first-order valence-electron chi connectivity index (χ1n) is 10.7. The lowest BCUT2D eigenvalue weighted by atomic mass is 9.96. The smallest absolute Gasteiger partial charge is 0.264 e. The van der Waals surface area contributed by atoms with Crippen molar-refractivity contribution in [3.63, 3.8) is 0 Å². The van der Waals surface area contributed by atoms with Crippen molar-refractivity contribution >= 4 is 39.5 Å². The van der Waals surface area contributed by atoms with Crippen LogP contribution in [0.25, 0.3) is 33.1 Å². The van der Waals surface area contributed by atoms with Crippen LogP contribution in [0.4, 0.5) is 10.3 Å². The number of fused-ring (bicyclic) bond motifs is 4. The molecule has 6 rings (SSSR count). The number of piperidine rings is 1. The van der Waals surface area contributed by atoms with Gasteiger partial charge in [-0.05, 0) is 25.3 Å². The first-order valence-corrected chi connectivity index (χ1v) is 11.1. The molecule has 1 aromatic carbocycles. The van der Waals surface area contributed by atoms with E-state index < -0.39 is 12.2 Å². The highest BCUT2D eigenvalue weighted by atomic mass is 35.5. The molecule has 2 saturated heterocycles. The molecule has 10 heteroatoms. The largest absolute Gasteiger partial charge is 0.345 e. The minimum atomic E-state index is -1.13. The summed E-state index contributed by atoms with van der Waals surface area (Å²) >= 11 is 6.71. The van der Waals surface area contributed by atoms with E-state index in [1.54, 1.807) is 17.9 Å². The van der Waals surface area contributed by atoms with Gasteiger partial charge in [-0.25, -0.2) is 4.39 Å². The molecule has 2 aliphatic heterocycles. The Kier molecular flexibility index (Phi) is 4.19. The highest BCUT2D eigenvalue weighted by Crippen LogP contribution is 2.40. The van der Waals surface area contributed by atoms with Gasteiger partial charge in [0, 0.05) is 55.1 Å². The molecule has 8 nitrogen and oxygen atoms in total. The molecular formula is C22H23ClFN7O. The summed E-state index contributed by atoms with van der Waals surface area (Å²) in [6.07, 6.45) is 4.60. The van der Waals surface area contributed by atoms with Crippen LogP contribution in [-0.4, -0.2) is 48.6 Å². The molecule has 0 unspecified atom stereocenters. The number of hydrogen-bond acceptors (Lipinski definition) is 5. The zero-order valence-corrected chi connectivity index (χ0v) is 18.5. The van der Waals surface area contributed by atoms with Crippen molar-refractivity contribution in [2.24, 2.45) is 19.8 Å². The quantitative estimate of drug-likeness (QED) is 0.484. The average molecular weight is 456 g/mol. The van der Waals surface area contributed by atoms with Crippen molar-refractivity contribution in [2.75, 3.05) is 4.90 Å². The number of anilines is 1. The zero-order chi connectivity index (χ0) is 22.3. The summed E-state index contributed by atoms with van der Waals surface area (Å²) in [5.41, 5.74) is 8.47. The molecule has 4 aromatic rings. The van der Waals surface area contributed by atoms with Crippen LogP contribution in [0.15, 0.2) is 29.3 Å². The molecule has 5 heterocycles. The predicted octanol–water partition coefficient (Wildman–Crippen LogP) is 2.88. The number of halogens is 2. The van der Waals surface area contributed by atoms with Crippen LogP contribution in [0.3, 0.4) is 0 Å². The van der Waals surface area contributed by atoms with Crippen molar-refractivity contribution in [3.05, 3.63) is 39.9 Å². The van der Waals surface area contributed by atoms with E-state index in [9.17, 15) is 9.18 Å². The molecule has 166 valence electrons. The fourth-order valence-electron chi connectivity index (χ4n) is 5.48. The third kappa shape index (κ3) is 2.61. The van der Waals surface area contributed by atoms with E-state index in [1.165, 1.54) is 4.57 Å². The normalized spacial score (nSPS) is 25.3. The molecule has 0 amide bonds. The van der Waals surface area contributed by atoms with Crippen molar-refractivity contribution in [2.45, 2.75) is 43.6 Å². The summed E-state index contributed by atoms with van der Waals surface area (Å²) in [6, 6.07) is 3.03. The van der Waals surface area contributed by atoms with Crippen molar-refractivity contribution < 1.29 is 4.39 Å². The highest BCUT2D eigenvalue weighted by Gasteiger charge is 2.48.